The average molecular weight is 154 g/mol. The van der Waals surface area contributed by atoms with Crippen LogP contribution in [0.3, 0.4) is 0 Å². The van der Waals surface area contributed by atoms with Crippen LogP contribution in [0, 0.1) is 0 Å². The van der Waals surface area contributed by atoms with Gasteiger partial charge in [-0.2, -0.15) is 0 Å². The van der Waals surface area contributed by atoms with Crippen molar-refractivity contribution in [1.82, 2.24) is 0 Å². The molecular formula is C7H13F3. The van der Waals surface area contributed by atoms with Crippen LogP contribution in [0.25, 0.3) is 0 Å². The van der Waals surface area contributed by atoms with Crippen molar-refractivity contribution in [3.05, 3.63) is 0 Å². The minimum atomic E-state index is -3.11. The maximum atomic E-state index is 12.4. The van der Waals surface area contributed by atoms with E-state index >= 15 is 0 Å². The van der Waals surface area contributed by atoms with Crippen molar-refractivity contribution < 1.29 is 13.2 Å². The molecule has 0 fully saturated rings. The first kappa shape index (κ1) is 9.79. The minimum absolute atomic E-state index is 0.104. The average Bonchev–Trinajstić information content (AvgIpc) is 1.86. The Morgan fingerprint density at radius 2 is 1.80 bits per heavy atom. The summed E-state index contributed by atoms with van der Waals surface area (Å²) in [7, 11) is 0. The zero-order valence-corrected chi connectivity index (χ0v) is 6.33. The third-order valence-electron chi connectivity index (χ3n) is 1.40. The Labute approximate surface area is 59.4 Å². The van der Waals surface area contributed by atoms with Crippen LogP contribution in [-0.2, 0) is 0 Å². The molecule has 0 heterocycles. The Balaban J connectivity index is 3.82. The van der Waals surface area contributed by atoms with Crippen LogP contribution in [0.5, 0.6) is 0 Å². The fourth-order valence-electron chi connectivity index (χ4n) is 0.789. The highest BCUT2D eigenvalue weighted by Gasteiger charge is 2.37. The van der Waals surface area contributed by atoms with E-state index in [2.05, 4.69) is 0 Å². The zero-order chi connectivity index (χ0) is 8.20. The lowest BCUT2D eigenvalue weighted by Crippen LogP contribution is -2.28. The Bertz CT molecular complexity index is 90.9. The van der Waals surface area contributed by atoms with Crippen LogP contribution in [-0.4, -0.2) is 12.1 Å². The molecule has 0 saturated heterocycles. The molecule has 0 aromatic rings. The van der Waals surface area contributed by atoms with Crippen LogP contribution in [0.4, 0.5) is 13.2 Å². The Kier molecular flexibility index (Phi) is 3.76. The van der Waals surface area contributed by atoms with Gasteiger partial charge in [0.1, 0.15) is 0 Å². The van der Waals surface area contributed by atoms with Crippen LogP contribution < -0.4 is 0 Å². The second kappa shape index (κ2) is 3.84. The van der Waals surface area contributed by atoms with Gasteiger partial charge in [-0.05, 0) is 6.42 Å². The molecule has 0 amide bonds. The molecular weight excluding hydrogens is 141 g/mol. The van der Waals surface area contributed by atoms with Crippen LogP contribution in [0.2, 0.25) is 0 Å². The van der Waals surface area contributed by atoms with Gasteiger partial charge >= 0.3 is 0 Å². The fourth-order valence-corrected chi connectivity index (χ4v) is 0.789. The predicted octanol–water partition coefficient (Wildman–Crippen LogP) is 3.17. The van der Waals surface area contributed by atoms with Gasteiger partial charge in [-0.25, -0.2) is 13.2 Å². The summed E-state index contributed by atoms with van der Waals surface area (Å²) < 4.78 is 37.2. The largest absolute Gasteiger partial charge is 0.278 e. The van der Waals surface area contributed by atoms with E-state index in [4.69, 9.17) is 0 Å². The third-order valence-corrected chi connectivity index (χ3v) is 1.40. The zero-order valence-electron chi connectivity index (χ0n) is 6.33. The summed E-state index contributed by atoms with van der Waals surface area (Å²) in [6.45, 7) is 3.05. The summed E-state index contributed by atoms with van der Waals surface area (Å²) in [5.41, 5.74) is 0. The smallest absolute Gasteiger partial charge is 0.241 e. The van der Waals surface area contributed by atoms with E-state index in [1.807, 2.05) is 0 Å². The van der Waals surface area contributed by atoms with Gasteiger partial charge in [-0.3, -0.25) is 0 Å². The van der Waals surface area contributed by atoms with E-state index < -0.39 is 12.1 Å². The van der Waals surface area contributed by atoms with Gasteiger partial charge in [0.15, 0.2) is 6.17 Å². The van der Waals surface area contributed by atoms with Crippen LogP contribution in [0.15, 0.2) is 0 Å². The maximum absolute atomic E-state index is 12.4. The first-order chi connectivity index (χ1) is 4.54. The quantitative estimate of drug-likeness (QED) is 0.583. The van der Waals surface area contributed by atoms with Crippen molar-refractivity contribution in [2.75, 3.05) is 0 Å². The molecule has 10 heavy (non-hydrogen) atoms. The summed E-state index contributed by atoms with van der Waals surface area (Å²) in [5.74, 6) is -3.11. The SMILES string of the molecule is CCCC(F)(F)[C@@H](F)CC. The van der Waals surface area contributed by atoms with Gasteiger partial charge in [0.25, 0.3) is 5.92 Å². The highest BCUT2D eigenvalue weighted by atomic mass is 19.3. The van der Waals surface area contributed by atoms with Crippen molar-refractivity contribution in [2.24, 2.45) is 0 Å². The number of hydrogen-bond donors (Lipinski definition) is 0. The lowest BCUT2D eigenvalue weighted by molar-refractivity contribution is -0.0796. The van der Waals surface area contributed by atoms with E-state index in [1.54, 1.807) is 6.92 Å². The minimum Gasteiger partial charge on any atom is -0.241 e. The van der Waals surface area contributed by atoms with Gasteiger partial charge in [-0.1, -0.05) is 20.3 Å². The maximum Gasteiger partial charge on any atom is 0.278 e. The van der Waals surface area contributed by atoms with Crippen LogP contribution in [0.1, 0.15) is 33.1 Å². The number of alkyl halides is 3. The van der Waals surface area contributed by atoms with E-state index in [0.29, 0.717) is 6.42 Å². The Hall–Kier alpha value is -0.210. The molecule has 0 saturated carbocycles. The molecule has 62 valence electrons. The number of rotatable bonds is 4. The standard InChI is InChI=1S/C7H13F3/c1-3-5-7(9,10)6(8)4-2/h6H,3-5H2,1-2H3/t6-/m0/s1. The van der Waals surface area contributed by atoms with Gasteiger partial charge in [0.05, 0.1) is 0 Å². The molecule has 0 spiro atoms. The lowest BCUT2D eigenvalue weighted by Gasteiger charge is -2.18. The van der Waals surface area contributed by atoms with E-state index in [-0.39, 0.29) is 12.8 Å². The van der Waals surface area contributed by atoms with Gasteiger partial charge < -0.3 is 0 Å². The summed E-state index contributed by atoms with van der Waals surface area (Å²) in [4.78, 5) is 0. The lowest BCUT2D eigenvalue weighted by atomic mass is 10.1. The number of hydrogen-bond acceptors (Lipinski definition) is 0. The van der Waals surface area contributed by atoms with Crippen molar-refractivity contribution in [3.8, 4) is 0 Å². The molecule has 0 unspecified atom stereocenters. The van der Waals surface area contributed by atoms with E-state index in [1.165, 1.54) is 6.92 Å². The molecule has 0 bridgehead atoms. The van der Waals surface area contributed by atoms with Gasteiger partial charge in [0, 0.05) is 6.42 Å². The normalized spacial score (nSPS) is 15.3. The molecule has 0 aliphatic rings. The Morgan fingerprint density at radius 3 is 2.10 bits per heavy atom. The Morgan fingerprint density at radius 1 is 1.30 bits per heavy atom. The molecule has 0 aromatic carbocycles. The molecule has 0 aliphatic heterocycles. The first-order valence-electron chi connectivity index (χ1n) is 3.56. The first-order valence-corrected chi connectivity index (χ1v) is 3.56. The van der Waals surface area contributed by atoms with E-state index in [9.17, 15) is 13.2 Å². The highest BCUT2D eigenvalue weighted by molar-refractivity contribution is 4.74. The second-order valence-corrected chi connectivity index (χ2v) is 2.39. The van der Waals surface area contributed by atoms with E-state index in [0.717, 1.165) is 0 Å². The molecule has 0 N–H and O–H groups in total. The molecule has 0 aliphatic carbocycles. The summed E-state index contributed by atoms with van der Waals surface area (Å²) in [5, 5.41) is 0. The van der Waals surface area contributed by atoms with Crippen molar-refractivity contribution in [1.29, 1.82) is 0 Å². The molecule has 0 nitrogen and oxygen atoms in total. The van der Waals surface area contributed by atoms with Gasteiger partial charge in [-0.15, -0.1) is 0 Å². The van der Waals surface area contributed by atoms with Gasteiger partial charge in [0.2, 0.25) is 0 Å². The molecule has 0 aromatic heterocycles. The number of halogens is 3. The van der Waals surface area contributed by atoms with Crippen LogP contribution >= 0.6 is 0 Å². The molecule has 0 radical (unpaired) electrons. The second-order valence-electron chi connectivity index (χ2n) is 2.39. The van der Waals surface area contributed by atoms with Crippen molar-refractivity contribution in [2.45, 2.75) is 45.2 Å². The summed E-state index contributed by atoms with van der Waals surface area (Å²) in [6, 6.07) is 0. The highest BCUT2D eigenvalue weighted by Crippen LogP contribution is 2.28. The summed E-state index contributed by atoms with van der Waals surface area (Å²) in [6.07, 6.45) is -2.09. The molecule has 3 heteroatoms. The summed E-state index contributed by atoms with van der Waals surface area (Å²) >= 11 is 0. The molecule has 0 rings (SSSR count). The van der Waals surface area contributed by atoms with Crippen molar-refractivity contribution >= 4 is 0 Å². The topological polar surface area (TPSA) is 0 Å². The molecule has 1 atom stereocenters. The third kappa shape index (κ3) is 2.58. The monoisotopic (exact) mass is 154 g/mol. The fraction of sp³-hybridized carbons (Fsp3) is 1.00. The van der Waals surface area contributed by atoms with Crippen molar-refractivity contribution in [3.63, 3.8) is 0 Å². The predicted molar refractivity (Wildman–Crippen MR) is 35.0 cm³/mol.